The fourth-order valence-electron chi connectivity index (χ4n) is 2.05. The van der Waals surface area contributed by atoms with Crippen LogP contribution in [0, 0.1) is 0 Å². The molecule has 0 atom stereocenters. The van der Waals surface area contributed by atoms with E-state index in [9.17, 15) is 0 Å². The number of hydrogen-bond acceptors (Lipinski definition) is 7. The molecule has 0 aliphatic heterocycles. The van der Waals surface area contributed by atoms with E-state index in [4.69, 9.17) is 10.3 Å². The molecule has 1 saturated carbocycles. The van der Waals surface area contributed by atoms with Crippen LogP contribution in [0.15, 0.2) is 9.90 Å². The Hall–Kier alpha value is -1.08. The quantitative estimate of drug-likeness (QED) is 0.929. The zero-order valence-corrected chi connectivity index (χ0v) is 11.5. The molecule has 2 N–H and O–H groups in total. The molecule has 0 spiro atoms. The second kappa shape index (κ2) is 5.27. The molecule has 2 aromatic rings. The highest BCUT2D eigenvalue weighted by Gasteiger charge is 2.17. The average Bonchev–Trinajstić information content (AvgIpc) is 3.07. The molecule has 0 bridgehead atoms. The standard InChI is InChI=1S/C11H14N4OS2/c12-11-13-8(5-18-11)10-14-9(15-16-10)6-17-7-3-1-2-4-7/h5,7H,1-4,6H2,(H2,12,13). The number of rotatable bonds is 4. The van der Waals surface area contributed by atoms with Crippen LogP contribution in [0.2, 0.25) is 0 Å². The first-order valence-corrected chi connectivity index (χ1v) is 7.89. The molecule has 1 fully saturated rings. The summed E-state index contributed by atoms with van der Waals surface area (Å²) in [6, 6.07) is 0. The highest BCUT2D eigenvalue weighted by Crippen LogP contribution is 2.31. The number of nitrogens with zero attached hydrogens (tertiary/aromatic N) is 3. The van der Waals surface area contributed by atoms with E-state index in [2.05, 4.69) is 15.1 Å². The number of thiazole rings is 1. The van der Waals surface area contributed by atoms with Gasteiger partial charge in [0.05, 0.1) is 5.75 Å². The van der Waals surface area contributed by atoms with E-state index in [1.165, 1.54) is 37.0 Å². The lowest BCUT2D eigenvalue weighted by molar-refractivity contribution is 0.424. The van der Waals surface area contributed by atoms with E-state index in [1.54, 1.807) is 0 Å². The number of aromatic nitrogens is 3. The van der Waals surface area contributed by atoms with Gasteiger partial charge in [-0.15, -0.1) is 11.3 Å². The van der Waals surface area contributed by atoms with E-state index in [0.717, 1.165) is 16.8 Å². The summed E-state index contributed by atoms with van der Waals surface area (Å²) >= 11 is 3.30. The molecule has 0 unspecified atom stereocenters. The Morgan fingerprint density at radius 1 is 1.39 bits per heavy atom. The summed E-state index contributed by atoms with van der Waals surface area (Å²) in [4.78, 5) is 8.47. The number of nitrogens with two attached hydrogens (primary N) is 1. The van der Waals surface area contributed by atoms with Crippen LogP contribution < -0.4 is 5.73 Å². The van der Waals surface area contributed by atoms with Gasteiger partial charge in [-0.2, -0.15) is 16.7 Å². The predicted molar refractivity (Wildman–Crippen MR) is 73.4 cm³/mol. The van der Waals surface area contributed by atoms with Crippen molar-refractivity contribution in [2.45, 2.75) is 36.7 Å². The lowest BCUT2D eigenvalue weighted by Gasteiger charge is -2.04. The molecule has 0 saturated heterocycles. The van der Waals surface area contributed by atoms with E-state index in [-0.39, 0.29) is 0 Å². The SMILES string of the molecule is Nc1nc(-c2nc(CSC3CCCC3)no2)cs1. The van der Waals surface area contributed by atoms with Crippen LogP contribution in [-0.2, 0) is 5.75 Å². The third-order valence-corrected chi connectivity index (χ3v) is 5.00. The van der Waals surface area contributed by atoms with Gasteiger partial charge in [-0.25, -0.2) is 4.98 Å². The van der Waals surface area contributed by atoms with Gasteiger partial charge in [-0.1, -0.05) is 18.0 Å². The largest absolute Gasteiger partial charge is 0.375 e. The van der Waals surface area contributed by atoms with Gasteiger partial charge in [-0.05, 0) is 12.8 Å². The van der Waals surface area contributed by atoms with Crippen molar-refractivity contribution < 1.29 is 4.52 Å². The van der Waals surface area contributed by atoms with Crippen molar-refractivity contribution in [1.29, 1.82) is 0 Å². The molecule has 0 amide bonds. The summed E-state index contributed by atoms with van der Waals surface area (Å²) in [6.07, 6.45) is 5.34. The first kappa shape index (κ1) is 12.0. The Kier molecular flexibility index (Phi) is 3.51. The third kappa shape index (κ3) is 2.67. The maximum atomic E-state index is 5.58. The number of anilines is 1. The molecule has 7 heteroatoms. The number of hydrogen-bond donors (Lipinski definition) is 1. The molecule has 18 heavy (non-hydrogen) atoms. The second-order valence-corrected chi connectivity index (χ2v) is 6.48. The molecular weight excluding hydrogens is 268 g/mol. The van der Waals surface area contributed by atoms with Gasteiger partial charge in [0.1, 0.15) is 5.69 Å². The minimum atomic E-state index is 0.463. The Balaban J connectivity index is 1.62. The van der Waals surface area contributed by atoms with Gasteiger partial charge in [0, 0.05) is 10.6 Å². The predicted octanol–water partition coefficient (Wildman–Crippen LogP) is 2.95. The molecule has 2 aromatic heterocycles. The van der Waals surface area contributed by atoms with Crippen molar-refractivity contribution >= 4 is 28.2 Å². The summed E-state index contributed by atoms with van der Waals surface area (Å²) in [7, 11) is 0. The van der Waals surface area contributed by atoms with Crippen molar-refractivity contribution in [2.75, 3.05) is 5.73 Å². The van der Waals surface area contributed by atoms with Crippen LogP contribution in [0.4, 0.5) is 5.13 Å². The second-order valence-electron chi connectivity index (χ2n) is 4.30. The molecule has 0 aromatic carbocycles. The lowest BCUT2D eigenvalue weighted by Crippen LogP contribution is -1.95. The molecule has 3 rings (SSSR count). The van der Waals surface area contributed by atoms with Crippen LogP contribution in [0.5, 0.6) is 0 Å². The van der Waals surface area contributed by atoms with Crippen molar-refractivity contribution in [3.8, 4) is 11.6 Å². The lowest BCUT2D eigenvalue weighted by atomic mass is 10.4. The van der Waals surface area contributed by atoms with Crippen molar-refractivity contribution in [1.82, 2.24) is 15.1 Å². The Labute approximate surface area is 113 Å². The van der Waals surface area contributed by atoms with E-state index in [1.807, 2.05) is 17.1 Å². The van der Waals surface area contributed by atoms with Crippen molar-refractivity contribution in [3.63, 3.8) is 0 Å². The Bertz CT molecular complexity index is 519. The maximum Gasteiger partial charge on any atom is 0.277 e. The van der Waals surface area contributed by atoms with Gasteiger partial charge in [0.25, 0.3) is 5.89 Å². The minimum Gasteiger partial charge on any atom is -0.375 e. The van der Waals surface area contributed by atoms with Gasteiger partial charge >= 0.3 is 0 Å². The van der Waals surface area contributed by atoms with Crippen LogP contribution in [0.3, 0.4) is 0 Å². The Morgan fingerprint density at radius 2 is 2.22 bits per heavy atom. The van der Waals surface area contributed by atoms with Crippen molar-refractivity contribution in [3.05, 3.63) is 11.2 Å². The monoisotopic (exact) mass is 282 g/mol. The van der Waals surface area contributed by atoms with Crippen LogP contribution in [0.25, 0.3) is 11.6 Å². The summed E-state index contributed by atoms with van der Waals surface area (Å²) in [5.74, 6) is 2.02. The van der Waals surface area contributed by atoms with Gasteiger partial charge in [-0.3, -0.25) is 0 Å². The van der Waals surface area contributed by atoms with E-state index in [0.29, 0.717) is 16.7 Å². The molecule has 96 valence electrons. The fraction of sp³-hybridized carbons (Fsp3) is 0.545. The summed E-state index contributed by atoms with van der Waals surface area (Å²) in [5, 5.41) is 7.09. The number of thioether (sulfide) groups is 1. The fourth-order valence-corrected chi connectivity index (χ4v) is 3.76. The molecule has 1 aliphatic carbocycles. The van der Waals surface area contributed by atoms with E-state index < -0.39 is 0 Å². The topological polar surface area (TPSA) is 77.8 Å². The number of nitrogen functional groups attached to an aromatic ring is 1. The zero-order valence-electron chi connectivity index (χ0n) is 9.83. The smallest absolute Gasteiger partial charge is 0.277 e. The Morgan fingerprint density at radius 3 is 2.94 bits per heavy atom. The molecule has 2 heterocycles. The van der Waals surface area contributed by atoms with Crippen LogP contribution in [0.1, 0.15) is 31.5 Å². The summed E-state index contributed by atoms with van der Waals surface area (Å²) < 4.78 is 5.19. The average molecular weight is 282 g/mol. The minimum absolute atomic E-state index is 0.463. The van der Waals surface area contributed by atoms with E-state index >= 15 is 0 Å². The van der Waals surface area contributed by atoms with Gasteiger partial charge in [0.2, 0.25) is 0 Å². The van der Waals surface area contributed by atoms with Gasteiger partial charge < -0.3 is 10.3 Å². The summed E-state index contributed by atoms with van der Waals surface area (Å²) in [5.41, 5.74) is 6.25. The molecule has 1 aliphatic rings. The normalized spacial score (nSPS) is 16.4. The molecule has 0 radical (unpaired) electrons. The van der Waals surface area contributed by atoms with Gasteiger partial charge in [0.15, 0.2) is 11.0 Å². The summed E-state index contributed by atoms with van der Waals surface area (Å²) in [6.45, 7) is 0. The highest BCUT2D eigenvalue weighted by molar-refractivity contribution is 7.99. The molecule has 5 nitrogen and oxygen atoms in total. The van der Waals surface area contributed by atoms with Crippen LogP contribution in [-0.4, -0.2) is 20.4 Å². The maximum absolute atomic E-state index is 5.58. The first-order chi connectivity index (χ1) is 8.81. The zero-order chi connectivity index (χ0) is 12.4. The first-order valence-electron chi connectivity index (χ1n) is 5.97. The van der Waals surface area contributed by atoms with Crippen molar-refractivity contribution in [2.24, 2.45) is 0 Å². The molecular formula is C11H14N4OS2. The van der Waals surface area contributed by atoms with Crippen LogP contribution >= 0.6 is 23.1 Å². The third-order valence-electron chi connectivity index (χ3n) is 2.96. The highest BCUT2D eigenvalue weighted by atomic mass is 32.2.